The Labute approximate surface area is 84.4 Å². The lowest BCUT2D eigenvalue weighted by molar-refractivity contribution is 0.467. The zero-order valence-electron chi connectivity index (χ0n) is 8.10. The zero-order chi connectivity index (χ0) is 9.84. The molecule has 0 saturated carbocycles. The molecule has 1 aromatic carbocycles. The molecule has 1 aromatic rings. The average Bonchev–Trinajstić information content (AvgIpc) is 2.14. The van der Waals surface area contributed by atoms with Crippen LogP contribution in [0.2, 0.25) is 5.02 Å². The van der Waals surface area contributed by atoms with Gasteiger partial charge in [-0.25, -0.2) is 0 Å². The predicted octanol–water partition coefficient (Wildman–Crippen LogP) is 3.56. The van der Waals surface area contributed by atoms with Gasteiger partial charge in [0, 0.05) is 0 Å². The van der Waals surface area contributed by atoms with E-state index in [1.807, 2.05) is 19.1 Å². The van der Waals surface area contributed by atoms with E-state index >= 15 is 0 Å². The van der Waals surface area contributed by atoms with Crippen LogP contribution in [0.5, 0.6) is 5.75 Å². The molecule has 0 fully saturated rings. The zero-order valence-corrected chi connectivity index (χ0v) is 8.86. The van der Waals surface area contributed by atoms with Crippen molar-refractivity contribution in [2.24, 2.45) is 0 Å². The third kappa shape index (κ3) is 2.16. The molecule has 0 atom stereocenters. The molecule has 0 aromatic heterocycles. The van der Waals surface area contributed by atoms with Crippen LogP contribution in [0.1, 0.15) is 31.4 Å². The second-order valence-corrected chi connectivity index (χ2v) is 3.53. The van der Waals surface area contributed by atoms with Crippen LogP contribution >= 0.6 is 11.6 Å². The minimum atomic E-state index is 0.267. The number of phenolic OH excluding ortho intramolecular Hbond substituents is 1. The smallest absolute Gasteiger partial charge is 0.137 e. The van der Waals surface area contributed by atoms with E-state index in [9.17, 15) is 5.11 Å². The average molecular weight is 199 g/mol. The second kappa shape index (κ2) is 4.52. The first kappa shape index (κ1) is 10.4. The molecule has 0 heterocycles. The maximum absolute atomic E-state index is 9.71. The second-order valence-electron chi connectivity index (χ2n) is 3.15. The molecular weight excluding hydrogens is 184 g/mol. The molecule has 0 saturated heterocycles. The highest BCUT2D eigenvalue weighted by molar-refractivity contribution is 6.32. The molecular formula is C11H15ClO. The fourth-order valence-corrected chi connectivity index (χ4v) is 1.71. The SMILES string of the molecule is CCCc1ccc(CC)c(Cl)c1O. The standard InChI is InChI=1S/C11H15ClO/c1-3-5-9-7-6-8(4-2)10(12)11(9)13/h6-7,13H,3-5H2,1-2H3. The number of rotatable bonds is 3. The summed E-state index contributed by atoms with van der Waals surface area (Å²) in [4.78, 5) is 0. The van der Waals surface area contributed by atoms with Crippen molar-refractivity contribution in [1.29, 1.82) is 0 Å². The summed E-state index contributed by atoms with van der Waals surface area (Å²) >= 11 is 5.98. The Morgan fingerprint density at radius 2 is 1.85 bits per heavy atom. The van der Waals surface area contributed by atoms with Crippen molar-refractivity contribution in [2.45, 2.75) is 33.1 Å². The summed E-state index contributed by atoms with van der Waals surface area (Å²) in [5, 5.41) is 10.2. The van der Waals surface area contributed by atoms with Crippen molar-refractivity contribution in [3.63, 3.8) is 0 Å². The van der Waals surface area contributed by atoms with Gasteiger partial charge in [0.1, 0.15) is 5.75 Å². The van der Waals surface area contributed by atoms with Crippen LogP contribution in [0.3, 0.4) is 0 Å². The Hall–Kier alpha value is -0.690. The first-order valence-corrected chi connectivity index (χ1v) is 5.07. The third-order valence-corrected chi connectivity index (χ3v) is 2.60. The highest BCUT2D eigenvalue weighted by Crippen LogP contribution is 2.31. The van der Waals surface area contributed by atoms with Gasteiger partial charge < -0.3 is 5.11 Å². The minimum absolute atomic E-state index is 0.267. The molecule has 2 heteroatoms. The summed E-state index contributed by atoms with van der Waals surface area (Å²) in [6, 6.07) is 3.95. The predicted molar refractivity (Wildman–Crippen MR) is 56.5 cm³/mol. The lowest BCUT2D eigenvalue weighted by Crippen LogP contribution is -1.89. The van der Waals surface area contributed by atoms with Gasteiger partial charge in [-0.3, -0.25) is 0 Å². The molecule has 0 aliphatic rings. The minimum Gasteiger partial charge on any atom is -0.506 e. The van der Waals surface area contributed by atoms with Crippen molar-refractivity contribution in [2.75, 3.05) is 0 Å². The van der Waals surface area contributed by atoms with Crippen molar-refractivity contribution < 1.29 is 5.11 Å². The quantitative estimate of drug-likeness (QED) is 0.788. The van der Waals surface area contributed by atoms with Crippen molar-refractivity contribution in [3.8, 4) is 5.75 Å². The number of benzene rings is 1. The molecule has 0 amide bonds. The molecule has 0 spiro atoms. The highest BCUT2D eigenvalue weighted by Gasteiger charge is 2.08. The van der Waals surface area contributed by atoms with Gasteiger partial charge in [-0.1, -0.05) is 44.0 Å². The van der Waals surface area contributed by atoms with Crippen molar-refractivity contribution >= 4 is 11.6 Å². The lowest BCUT2D eigenvalue weighted by Gasteiger charge is -2.08. The van der Waals surface area contributed by atoms with E-state index in [4.69, 9.17) is 11.6 Å². The molecule has 0 radical (unpaired) electrons. The fourth-order valence-electron chi connectivity index (χ4n) is 1.39. The molecule has 0 bridgehead atoms. The van der Waals surface area contributed by atoms with Crippen LogP contribution in [0.15, 0.2) is 12.1 Å². The van der Waals surface area contributed by atoms with E-state index in [0.29, 0.717) is 5.02 Å². The largest absolute Gasteiger partial charge is 0.506 e. The molecule has 1 N–H and O–H groups in total. The van der Waals surface area contributed by atoms with Crippen LogP contribution in [0.25, 0.3) is 0 Å². The third-order valence-electron chi connectivity index (χ3n) is 2.18. The van der Waals surface area contributed by atoms with E-state index in [0.717, 1.165) is 30.4 Å². The van der Waals surface area contributed by atoms with E-state index in [2.05, 4.69) is 6.92 Å². The Morgan fingerprint density at radius 1 is 1.23 bits per heavy atom. The topological polar surface area (TPSA) is 20.2 Å². The van der Waals surface area contributed by atoms with Crippen LogP contribution < -0.4 is 0 Å². The van der Waals surface area contributed by atoms with Crippen LogP contribution in [-0.4, -0.2) is 5.11 Å². The summed E-state index contributed by atoms with van der Waals surface area (Å²) in [6.07, 6.45) is 2.77. The summed E-state index contributed by atoms with van der Waals surface area (Å²) < 4.78 is 0. The fraction of sp³-hybridized carbons (Fsp3) is 0.455. The van der Waals surface area contributed by atoms with Gasteiger partial charge in [-0.15, -0.1) is 0 Å². The highest BCUT2D eigenvalue weighted by atomic mass is 35.5. The van der Waals surface area contributed by atoms with Crippen molar-refractivity contribution in [1.82, 2.24) is 0 Å². The number of hydrogen-bond acceptors (Lipinski definition) is 1. The van der Waals surface area contributed by atoms with Gasteiger partial charge in [-0.2, -0.15) is 0 Å². The Morgan fingerprint density at radius 3 is 2.38 bits per heavy atom. The van der Waals surface area contributed by atoms with Crippen LogP contribution in [0.4, 0.5) is 0 Å². The molecule has 0 aliphatic carbocycles. The first-order chi connectivity index (χ1) is 6.20. The molecule has 72 valence electrons. The van der Waals surface area contributed by atoms with E-state index in [1.165, 1.54) is 0 Å². The normalized spacial score (nSPS) is 10.4. The van der Waals surface area contributed by atoms with Crippen LogP contribution in [0, 0.1) is 0 Å². The lowest BCUT2D eigenvalue weighted by atomic mass is 10.0. The van der Waals surface area contributed by atoms with E-state index in [1.54, 1.807) is 0 Å². The van der Waals surface area contributed by atoms with Gasteiger partial charge >= 0.3 is 0 Å². The van der Waals surface area contributed by atoms with E-state index < -0.39 is 0 Å². The summed E-state index contributed by atoms with van der Waals surface area (Å²) in [6.45, 7) is 4.11. The Kier molecular flexibility index (Phi) is 3.61. The Balaban J connectivity index is 3.07. The van der Waals surface area contributed by atoms with Crippen LogP contribution in [-0.2, 0) is 12.8 Å². The molecule has 0 aliphatic heterocycles. The molecule has 1 rings (SSSR count). The van der Waals surface area contributed by atoms with E-state index in [-0.39, 0.29) is 5.75 Å². The van der Waals surface area contributed by atoms with Gasteiger partial charge in [0.2, 0.25) is 0 Å². The molecule has 13 heavy (non-hydrogen) atoms. The Bertz CT molecular complexity index is 294. The monoisotopic (exact) mass is 198 g/mol. The number of halogens is 1. The van der Waals surface area contributed by atoms with Crippen molar-refractivity contribution in [3.05, 3.63) is 28.3 Å². The van der Waals surface area contributed by atoms with Gasteiger partial charge in [0.15, 0.2) is 0 Å². The number of hydrogen-bond donors (Lipinski definition) is 1. The first-order valence-electron chi connectivity index (χ1n) is 4.69. The van der Waals surface area contributed by atoms with Gasteiger partial charge in [0.25, 0.3) is 0 Å². The summed E-state index contributed by atoms with van der Waals surface area (Å²) in [5.41, 5.74) is 1.96. The maximum Gasteiger partial charge on any atom is 0.137 e. The molecule has 1 nitrogen and oxygen atoms in total. The summed E-state index contributed by atoms with van der Waals surface area (Å²) in [5.74, 6) is 0.267. The number of aromatic hydroxyl groups is 1. The van der Waals surface area contributed by atoms with Gasteiger partial charge in [0.05, 0.1) is 5.02 Å². The molecule has 0 unspecified atom stereocenters. The number of aryl methyl sites for hydroxylation is 2. The summed E-state index contributed by atoms with van der Waals surface area (Å²) in [7, 11) is 0. The maximum atomic E-state index is 9.71. The van der Waals surface area contributed by atoms with Gasteiger partial charge in [-0.05, 0) is 24.0 Å². The number of phenols is 1.